The van der Waals surface area contributed by atoms with Gasteiger partial charge in [-0.3, -0.25) is 10.2 Å². The summed E-state index contributed by atoms with van der Waals surface area (Å²) < 4.78 is 0. The number of para-hydroxylation sites is 1. The van der Waals surface area contributed by atoms with Crippen molar-refractivity contribution in [1.29, 1.82) is 0 Å². The average Bonchev–Trinajstić information content (AvgIpc) is 2.42. The Kier molecular flexibility index (Phi) is 3.78. The number of nitrogen functional groups attached to an aromatic ring is 2. The van der Waals surface area contributed by atoms with Crippen molar-refractivity contribution in [2.24, 2.45) is 5.10 Å². The molecule has 0 aromatic heterocycles. The third kappa shape index (κ3) is 3.10. The number of nitrogens with zero attached hydrogens (tertiary/aromatic N) is 1. The zero-order valence-corrected chi connectivity index (χ0v) is 10.2. The lowest BCUT2D eigenvalue weighted by atomic mass is 10.1. The predicted octanol–water partition coefficient (Wildman–Crippen LogP) is 2.11. The number of rotatable bonds is 4. The lowest BCUT2D eigenvalue weighted by Gasteiger charge is -2.05. The van der Waals surface area contributed by atoms with Crippen LogP contribution in [0.5, 0.6) is 0 Å². The van der Waals surface area contributed by atoms with Crippen LogP contribution in [-0.2, 0) is 0 Å². The van der Waals surface area contributed by atoms with Crippen molar-refractivity contribution in [3.8, 4) is 0 Å². The second-order valence-electron chi connectivity index (χ2n) is 3.96. The fourth-order valence-electron chi connectivity index (χ4n) is 1.57. The minimum atomic E-state index is 0.362. The molecule has 2 aromatic carbocycles. The third-order valence-corrected chi connectivity index (χ3v) is 2.59. The molecule has 0 saturated heterocycles. The highest BCUT2D eigenvalue weighted by Gasteiger charge is 2.03. The lowest BCUT2D eigenvalue weighted by molar-refractivity contribution is 0.112. The average molecular weight is 254 g/mol. The van der Waals surface area contributed by atoms with Gasteiger partial charge in [0.15, 0.2) is 6.29 Å². The Hall–Kier alpha value is -2.82. The summed E-state index contributed by atoms with van der Waals surface area (Å²) >= 11 is 0. The van der Waals surface area contributed by atoms with Gasteiger partial charge >= 0.3 is 0 Å². The maximum atomic E-state index is 10.8. The molecular formula is C14H14N4O. The van der Waals surface area contributed by atoms with Gasteiger partial charge in [0.05, 0.1) is 11.9 Å². The van der Waals surface area contributed by atoms with Crippen molar-refractivity contribution in [3.63, 3.8) is 0 Å². The van der Waals surface area contributed by atoms with E-state index in [4.69, 9.17) is 11.5 Å². The monoisotopic (exact) mass is 254 g/mol. The highest BCUT2D eigenvalue weighted by Crippen LogP contribution is 2.18. The first-order chi connectivity index (χ1) is 9.20. The van der Waals surface area contributed by atoms with E-state index in [1.54, 1.807) is 18.3 Å². The molecule has 0 amide bonds. The zero-order valence-electron chi connectivity index (χ0n) is 10.2. The van der Waals surface area contributed by atoms with E-state index in [9.17, 15) is 4.79 Å². The van der Waals surface area contributed by atoms with Gasteiger partial charge in [-0.25, -0.2) is 0 Å². The van der Waals surface area contributed by atoms with E-state index >= 15 is 0 Å². The summed E-state index contributed by atoms with van der Waals surface area (Å²) in [6, 6.07) is 12.7. The van der Waals surface area contributed by atoms with Crippen LogP contribution in [-0.4, -0.2) is 12.5 Å². The molecule has 5 heteroatoms. The van der Waals surface area contributed by atoms with E-state index < -0.39 is 0 Å². The molecule has 0 aliphatic rings. The summed E-state index contributed by atoms with van der Waals surface area (Å²) in [4.78, 5) is 10.8. The van der Waals surface area contributed by atoms with E-state index in [1.807, 2.05) is 30.3 Å². The Morgan fingerprint density at radius 3 is 2.37 bits per heavy atom. The van der Waals surface area contributed by atoms with E-state index in [2.05, 4.69) is 10.5 Å². The Morgan fingerprint density at radius 1 is 1.00 bits per heavy atom. The SMILES string of the molecule is Nc1cc(N)c(C=NNc2ccccc2)cc1C=O. The van der Waals surface area contributed by atoms with Crippen LogP contribution in [0.2, 0.25) is 0 Å². The van der Waals surface area contributed by atoms with Crippen LogP contribution in [0.15, 0.2) is 47.6 Å². The normalized spacial score (nSPS) is 10.5. The molecule has 96 valence electrons. The molecule has 0 radical (unpaired) electrons. The number of carbonyl (C=O) groups is 1. The number of hydrogen-bond acceptors (Lipinski definition) is 5. The number of anilines is 3. The number of benzene rings is 2. The quantitative estimate of drug-likeness (QED) is 0.337. The van der Waals surface area contributed by atoms with Gasteiger partial charge < -0.3 is 11.5 Å². The highest BCUT2D eigenvalue weighted by molar-refractivity contribution is 5.94. The Balaban J connectivity index is 2.17. The first kappa shape index (κ1) is 12.6. The molecule has 19 heavy (non-hydrogen) atoms. The van der Waals surface area contributed by atoms with E-state index in [0.717, 1.165) is 5.69 Å². The minimum absolute atomic E-state index is 0.362. The van der Waals surface area contributed by atoms with Gasteiger partial charge in [-0.05, 0) is 24.3 Å². The van der Waals surface area contributed by atoms with Crippen LogP contribution in [0, 0.1) is 0 Å². The summed E-state index contributed by atoms with van der Waals surface area (Å²) in [5.74, 6) is 0. The van der Waals surface area contributed by atoms with Crippen LogP contribution >= 0.6 is 0 Å². The zero-order chi connectivity index (χ0) is 13.7. The molecule has 0 heterocycles. The first-order valence-corrected chi connectivity index (χ1v) is 5.69. The van der Waals surface area contributed by atoms with Gasteiger partial charge in [-0.15, -0.1) is 0 Å². The van der Waals surface area contributed by atoms with E-state index in [0.29, 0.717) is 28.8 Å². The molecule has 5 N–H and O–H groups in total. The molecule has 0 aliphatic carbocycles. The summed E-state index contributed by atoms with van der Waals surface area (Å²) in [5, 5.41) is 4.07. The van der Waals surface area contributed by atoms with Crippen LogP contribution < -0.4 is 16.9 Å². The van der Waals surface area contributed by atoms with Gasteiger partial charge in [-0.1, -0.05) is 18.2 Å². The number of aldehydes is 1. The van der Waals surface area contributed by atoms with Crippen LogP contribution in [0.3, 0.4) is 0 Å². The van der Waals surface area contributed by atoms with Crippen molar-refractivity contribution >= 4 is 29.6 Å². The summed E-state index contributed by atoms with van der Waals surface area (Å²) in [7, 11) is 0. The number of carbonyl (C=O) groups excluding carboxylic acids is 1. The summed E-state index contributed by atoms with van der Waals surface area (Å²) in [6.07, 6.45) is 2.24. The molecule has 0 aliphatic heterocycles. The van der Waals surface area contributed by atoms with Gasteiger partial charge in [0.2, 0.25) is 0 Å². The molecule has 0 atom stereocenters. The first-order valence-electron chi connectivity index (χ1n) is 5.69. The standard InChI is InChI=1S/C14H14N4O/c15-13-7-14(16)11(9-19)6-10(13)8-17-18-12-4-2-1-3-5-12/h1-9,18H,15-16H2. The molecule has 0 spiro atoms. The molecule has 0 saturated carbocycles. The molecule has 0 fully saturated rings. The highest BCUT2D eigenvalue weighted by atomic mass is 16.1. The topological polar surface area (TPSA) is 93.5 Å². The fourth-order valence-corrected chi connectivity index (χ4v) is 1.57. The van der Waals surface area contributed by atoms with Gasteiger partial charge in [0.25, 0.3) is 0 Å². The molecule has 0 bridgehead atoms. The molecule has 5 nitrogen and oxygen atoms in total. The second-order valence-corrected chi connectivity index (χ2v) is 3.96. The van der Waals surface area contributed by atoms with Crippen molar-refractivity contribution in [1.82, 2.24) is 0 Å². The maximum Gasteiger partial charge on any atom is 0.152 e. The summed E-state index contributed by atoms with van der Waals surface area (Å²) in [5.41, 5.74) is 17.1. The van der Waals surface area contributed by atoms with Gasteiger partial charge in [0.1, 0.15) is 0 Å². The Bertz CT molecular complexity index is 608. The number of hydrazone groups is 1. The van der Waals surface area contributed by atoms with Crippen molar-refractivity contribution < 1.29 is 4.79 Å². The predicted molar refractivity (Wildman–Crippen MR) is 78.3 cm³/mol. The molecule has 2 rings (SSSR count). The van der Waals surface area contributed by atoms with Gasteiger partial charge in [0, 0.05) is 22.5 Å². The van der Waals surface area contributed by atoms with Gasteiger partial charge in [-0.2, -0.15) is 5.10 Å². The largest absolute Gasteiger partial charge is 0.398 e. The second kappa shape index (κ2) is 5.68. The molecule has 0 unspecified atom stereocenters. The van der Waals surface area contributed by atoms with Crippen molar-refractivity contribution in [2.75, 3.05) is 16.9 Å². The van der Waals surface area contributed by atoms with Crippen molar-refractivity contribution in [2.45, 2.75) is 0 Å². The maximum absolute atomic E-state index is 10.8. The number of nitrogens with two attached hydrogens (primary N) is 2. The lowest BCUT2D eigenvalue weighted by Crippen LogP contribution is -2.01. The van der Waals surface area contributed by atoms with Crippen LogP contribution in [0.1, 0.15) is 15.9 Å². The van der Waals surface area contributed by atoms with Crippen LogP contribution in [0.4, 0.5) is 17.1 Å². The fraction of sp³-hybridized carbons (Fsp3) is 0. The smallest absolute Gasteiger partial charge is 0.152 e. The van der Waals surface area contributed by atoms with E-state index in [-0.39, 0.29) is 0 Å². The van der Waals surface area contributed by atoms with E-state index in [1.165, 1.54) is 0 Å². The summed E-state index contributed by atoms with van der Waals surface area (Å²) in [6.45, 7) is 0. The molecular weight excluding hydrogens is 240 g/mol. The Morgan fingerprint density at radius 2 is 1.68 bits per heavy atom. The minimum Gasteiger partial charge on any atom is -0.398 e. The number of nitrogens with one attached hydrogen (secondary N) is 1. The van der Waals surface area contributed by atoms with Crippen LogP contribution in [0.25, 0.3) is 0 Å². The van der Waals surface area contributed by atoms with Crippen molar-refractivity contribution in [3.05, 3.63) is 53.6 Å². The number of hydrogen-bond donors (Lipinski definition) is 3. The Labute approximate surface area is 110 Å². The third-order valence-electron chi connectivity index (χ3n) is 2.59. The molecule has 2 aromatic rings.